The molecular formula is C20H6F12N4O2Zn. The maximum atomic E-state index is 14.5. The summed E-state index contributed by atoms with van der Waals surface area (Å²) in [5.74, 6) is -11.2. The molecule has 0 saturated carbocycles. The van der Waals surface area contributed by atoms with E-state index in [1.807, 2.05) is 0 Å². The number of aromatic hydroxyl groups is 1. The molecule has 0 bridgehead atoms. The summed E-state index contributed by atoms with van der Waals surface area (Å²) in [5.41, 5.74) is -14.6. The van der Waals surface area contributed by atoms with E-state index < -0.39 is 97.3 Å². The number of carbonyl (C=O) groups excluding carboxylic acids is 1. The van der Waals surface area contributed by atoms with Crippen molar-refractivity contribution in [3.63, 3.8) is 0 Å². The van der Waals surface area contributed by atoms with Crippen LogP contribution in [-0.4, -0.2) is 25.7 Å². The van der Waals surface area contributed by atoms with Gasteiger partial charge in [0.25, 0.3) is 5.95 Å². The van der Waals surface area contributed by atoms with Crippen molar-refractivity contribution in [1.82, 2.24) is 14.8 Å². The number of aromatic nitrogens is 3. The maximum Gasteiger partial charge on any atom is 0.436 e. The predicted octanol–water partition coefficient (Wildman–Crippen LogP) is 5.86. The van der Waals surface area contributed by atoms with Gasteiger partial charge in [-0.2, -0.15) is 63.3 Å². The number of hydrogen-bond acceptors (Lipinski definition) is 5. The summed E-state index contributed by atoms with van der Waals surface area (Å²) in [5, 5.41) is 22.4. The van der Waals surface area contributed by atoms with Crippen molar-refractivity contribution in [3.05, 3.63) is 68.9 Å². The average molecular weight is 628 g/mol. The Hall–Kier alpha value is -3.68. The number of nitriles is 1. The Bertz CT molecular complexity index is 1480. The maximum absolute atomic E-state index is 14.5. The normalized spacial score (nSPS) is 12.2. The van der Waals surface area contributed by atoms with Gasteiger partial charge in [-0.05, 0) is 19.1 Å². The molecule has 0 fully saturated rings. The molecule has 2 aromatic heterocycles. The van der Waals surface area contributed by atoms with Crippen molar-refractivity contribution in [2.75, 3.05) is 0 Å². The molecule has 1 aromatic carbocycles. The van der Waals surface area contributed by atoms with Gasteiger partial charge in [0.15, 0.2) is 17.3 Å². The molecule has 0 aliphatic heterocycles. The van der Waals surface area contributed by atoms with Crippen molar-refractivity contribution in [2.45, 2.75) is 25.5 Å². The minimum atomic E-state index is -5.70. The molecule has 2 heterocycles. The van der Waals surface area contributed by atoms with Gasteiger partial charge < -0.3 is 5.11 Å². The number of hydrogen-bond donors (Lipinski definition) is 1. The number of nitrogens with zero attached hydrogens (tertiary/aromatic N) is 4. The first-order chi connectivity index (χ1) is 17.2. The zero-order valence-corrected chi connectivity index (χ0v) is 21.5. The molecule has 3 aromatic rings. The van der Waals surface area contributed by atoms with Crippen molar-refractivity contribution in [2.24, 2.45) is 0 Å². The minimum Gasteiger partial charge on any atom is -0.493 e. The van der Waals surface area contributed by atoms with E-state index in [1.165, 1.54) is 0 Å². The molecule has 19 heteroatoms. The first-order valence-electron chi connectivity index (χ1n) is 9.39. The van der Waals surface area contributed by atoms with E-state index in [0.29, 0.717) is 0 Å². The third kappa shape index (κ3) is 5.56. The van der Waals surface area contributed by atoms with E-state index in [4.69, 9.17) is 5.26 Å². The Morgan fingerprint density at radius 2 is 1.41 bits per heavy atom. The molecule has 0 atom stereocenters. The SMILES string of the molecule is Cc1nn(-c2c(F)c(F)nc(C(F)(F)F)c2F)c(O)c1C(=O)c1cc(C(F)(F)F)c(C#N)c(C(F)(F)F)c1.[Zn]. The van der Waals surface area contributed by atoms with Gasteiger partial charge >= 0.3 is 18.5 Å². The van der Waals surface area contributed by atoms with Crippen LogP contribution < -0.4 is 0 Å². The smallest absolute Gasteiger partial charge is 0.436 e. The van der Waals surface area contributed by atoms with Gasteiger partial charge in [-0.3, -0.25) is 4.79 Å². The van der Waals surface area contributed by atoms with Crippen LogP contribution >= 0.6 is 0 Å². The van der Waals surface area contributed by atoms with E-state index >= 15 is 0 Å². The average Bonchev–Trinajstić information content (AvgIpc) is 3.06. The topological polar surface area (TPSA) is 91.8 Å². The second-order valence-electron chi connectivity index (χ2n) is 7.30. The second-order valence-corrected chi connectivity index (χ2v) is 7.30. The van der Waals surface area contributed by atoms with Crippen LogP contribution in [-0.2, 0) is 38.0 Å². The minimum absolute atomic E-state index is 0. The van der Waals surface area contributed by atoms with Crippen LogP contribution in [0, 0.1) is 35.8 Å². The van der Waals surface area contributed by atoms with Crippen LogP contribution in [0.15, 0.2) is 12.1 Å². The zero-order chi connectivity index (χ0) is 29.1. The molecule has 0 aliphatic rings. The van der Waals surface area contributed by atoms with E-state index in [1.54, 1.807) is 0 Å². The number of ketones is 1. The summed E-state index contributed by atoms with van der Waals surface area (Å²) >= 11 is 0. The summed E-state index contributed by atoms with van der Waals surface area (Å²) in [4.78, 5) is 15.0. The fraction of sp³-hybridized carbons (Fsp3) is 0.200. The van der Waals surface area contributed by atoms with Crippen LogP contribution in [0.4, 0.5) is 52.7 Å². The van der Waals surface area contributed by atoms with Crippen molar-refractivity contribution in [3.8, 4) is 17.6 Å². The Balaban J connectivity index is 0.00000533. The Morgan fingerprint density at radius 1 is 0.923 bits per heavy atom. The molecular weight excluding hydrogens is 622 g/mol. The summed E-state index contributed by atoms with van der Waals surface area (Å²) in [6, 6.07) is 0.375. The van der Waals surface area contributed by atoms with Gasteiger partial charge in [0.2, 0.25) is 11.7 Å². The second kappa shape index (κ2) is 10.1. The number of carbonyl (C=O) groups is 1. The van der Waals surface area contributed by atoms with Crippen molar-refractivity contribution in [1.29, 1.82) is 5.26 Å². The molecule has 0 aliphatic carbocycles. The summed E-state index contributed by atoms with van der Waals surface area (Å²) in [6.07, 6.45) is -16.9. The zero-order valence-electron chi connectivity index (χ0n) is 18.5. The summed E-state index contributed by atoms with van der Waals surface area (Å²) in [6.45, 7) is 0.737. The van der Waals surface area contributed by atoms with Gasteiger partial charge in [-0.15, -0.1) is 0 Å². The van der Waals surface area contributed by atoms with Crippen LogP contribution in [0.25, 0.3) is 5.69 Å². The predicted molar refractivity (Wildman–Crippen MR) is 97.2 cm³/mol. The quantitative estimate of drug-likeness (QED) is 0.170. The number of rotatable bonds is 3. The van der Waals surface area contributed by atoms with Crippen molar-refractivity contribution < 1.29 is 82.1 Å². The third-order valence-corrected chi connectivity index (χ3v) is 4.88. The molecule has 0 unspecified atom stereocenters. The fourth-order valence-corrected chi connectivity index (χ4v) is 3.30. The number of benzene rings is 1. The number of alkyl halides is 9. The molecule has 0 saturated heterocycles. The first-order valence-corrected chi connectivity index (χ1v) is 9.39. The summed E-state index contributed by atoms with van der Waals surface area (Å²) < 4.78 is 161. The molecule has 39 heavy (non-hydrogen) atoms. The number of pyridine rings is 1. The Kier molecular flexibility index (Phi) is 8.20. The van der Waals surface area contributed by atoms with E-state index in [-0.39, 0.29) is 31.6 Å². The van der Waals surface area contributed by atoms with Crippen LogP contribution in [0.3, 0.4) is 0 Å². The molecule has 204 valence electrons. The van der Waals surface area contributed by atoms with E-state index in [2.05, 4.69) is 10.1 Å². The fourth-order valence-electron chi connectivity index (χ4n) is 3.30. The van der Waals surface area contributed by atoms with E-state index in [9.17, 15) is 62.6 Å². The van der Waals surface area contributed by atoms with Crippen LogP contribution in [0.1, 0.15) is 44.0 Å². The first kappa shape index (κ1) is 31.5. The number of halogens is 12. The van der Waals surface area contributed by atoms with E-state index in [0.717, 1.165) is 13.0 Å². The van der Waals surface area contributed by atoms with Crippen molar-refractivity contribution >= 4 is 5.78 Å². The molecule has 0 spiro atoms. The van der Waals surface area contributed by atoms with Crippen LogP contribution in [0.2, 0.25) is 0 Å². The molecule has 0 amide bonds. The van der Waals surface area contributed by atoms with Gasteiger partial charge in [0, 0.05) is 25.0 Å². The number of aryl methyl sites for hydroxylation is 1. The van der Waals surface area contributed by atoms with Gasteiger partial charge in [0.1, 0.15) is 17.3 Å². The molecule has 0 radical (unpaired) electrons. The standard InChI is InChI=1S/C20H6F12N4O2.Zn/c1-5-10(14(37)6-2-8(18(24,25)26)7(4-33)9(3-6)19(27,28)29)17(38)36(35-5)13-11(21)15(20(30,31)32)34-16(23)12(13)22;/h2-3,38H,1H3;. The van der Waals surface area contributed by atoms with Gasteiger partial charge in [-0.1, -0.05) is 0 Å². The molecule has 1 N–H and O–H groups in total. The van der Waals surface area contributed by atoms with Gasteiger partial charge in [-0.25, -0.2) is 9.37 Å². The Morgan fingerprint density at radius 3 is 1.82 bits per heavy atom. The monoisotopic (exact) mass is 626 g/mol. The Labute approximate surface area is 220 Å². The van der Waals surface area contributed by atoms with Crippen LogP contribution in [0.5, 0.6) is 5.88 Å². The molecule has 6 nitrogen and oxygen atoms in total. The summed E-state index contributed by atoms with van der Waals surface area (Å²) in [7, 11) is 0. The third-order valence-electron chi connectivity index (χ3n) is 4.88. The van der Waals surface area contributed by atoms with Gasteiger partial charge in [0.05, 0.1) is 22.4 Å². The molecule has 3 rings (SSSR count). The largest absolute Gasteiger partial charge is 0.493 e.